The first-order valence-corrected chi connectivity index (χ1v) is 6.80. The Hall–Kier alpha value is -2.08. The predicted molar refractivity (Wildman–Crippen MR) is 68.5 cm³/mol. The van der Waals surface area contributed by atoms with Gasteiger partial charge in [-0.2, -0.15) is 0 Å². The molecule has 0 N–H and O–H groups in total. The molecule has 0 amide bonds. The van der Waals surface area contributed by atoms with E-state index in [9.17, 15) is 9.59 Å². The number of methoxy groups -OCH3 is 1. The van der Waals surface area contributed by atoms with Gasteiger partial charge in [0.1, 0.15) is 6.10 Å². The highest BCUT2D eigenvalue weighted by molar-refractivity contribution is 5.94. The molecule has 0 aromatic heterocycles. The van der Waals surface area contributed by atoms with Crippen LogP contribution in [0, 0.1) is 11.8 Å². The van der Waals surface area contributed by atoms with Gasteiger partial charge in [-0.1, -0.05) is 12.2 Å². The van der Waals surface area contributed by atoms with Crippen LogP contribution in [0.25, 0.3) is 0 Å². The summed E-state index contributed by atoms with van der Waals surface area (Å²) in [4.78, 5) is 23.8. The second-order valence-electron chi connectivity index (χ2n) is 5.48. The monoisotopic (exact) mass is 290 g/mol. The van der Waals surface area contributed by atoms with E-state index in [4.69, 9.17) is 18.9 Å². The fourth-order valence-corrected chi connectivity index (χ4v) is 3.74. The highest BCUT2D eigenvalue weighted by Crippen LogP contribution is 2.57. The van der Waals surface area contributed by atoms with Crippen molar-refractivity contribution >= 4 is 11.9 Å². The van der Waals surface area contributed by atoms with Crippen molar-refractivity contribution in [3.63, 3.8) is 0 Å². The van der Waals surface area contributed by atoms with Gasteiger partial charge < -0.3 is 18.9 Å². The van der Waals surface area contributed by atoms with E-state index in [1.165, 1.54) is 13.4 Å². The minimum atomic E-state index is -0.873. The number of esters is 2. The van der Waals surface area contributed by atoms with Crippen LogP contribution in [0.5, 0.6) is 0 Å². The zero-order valence-electron chi connectivity index (χ0n) is 11.6. The average molecular weight is 290 g/mol. The quantitative estimate of drug-likeness (QED) is 0.405. The van der Waals surface area contributed by atoms with Gasteiger partial charge >= 0.3 is 11.9 Å². The van der Waals surface area contributed by atoms with E-state index < -0.39 is 24.0 Å². The molecule has 0 bridgehead atoms. The Kier molecular flexibility index (Phi) is 2.39. The van der Waals surface area contributed by atoms with E-state index >= 15 is 0 Å². The van der Waals surface area contributed by atoms with Crippen molar-refractivity contribution in [1.29, 1.82) is 0 Å². The molecule has 0 unspecified atom stereocenters. The highest BCUT2D eigenvalue weighted by atomic mass is 16.7. The Morgan fingerprint density at radius 2 is 2.29 bits per heavy atom. The van der Waals surface area contributed by atoms with Crippen molar-refractivity contribution in [1.82, 2.24) is 0 Å². The molecule has 2 saturated heterocycles. The molecule has 21 heavy (non-hydrogen) atoms. The first-order chi connectivity index (χ1) is 10.1. The Labute approximate surface area is 121 Å². The van der Waals surface area contributed by atoms with Gasteiger partial charge in [0.2, 0.25) is 6.29 Å². The maximum absolute atomic E-state index is 12.0. The van der Waals surface area contributed by atoms with Crippen LogP contribution in [0.4, 0.5) is 0 Å². The zero-order chi connectivity index (χ0) is 14.8. The lowest BCUT2D eigenvalue weighted by atomic mass is 9.78. The second-order valence-corrected chi connectivity index (χ2v) is 5.48. The first-order valence-electron chi connectivity index (χ1n) is 6.80. The fraction of sp³-hybridized carbons (Fsp3) is 0.467. The summed E-state index contributed by atoms with van der Waals surface area (Å²) < 4.78 is 21.8. The standard InChI is InChI=1S/C15H14O6/c1-3-7-11-15(21-13(7)17)5-4-8-9(12(16)18-2)6-19-14(20-11)10(8)15/h3-6,8,10-11,14H,1-2H3/b7-3+/t8-,10+,11+,14+,15-/m0/s1. The molecule has 4 rings (SSSR count). The number of hydrogen-bond donors (Lipinski definition) is 0. The van der Waals surface area contributed by atoms with E-state index in [-0.39, 0.29) is 17.8 Å². The fourth-order valence-electron chi connectivity index (χ4n) is 3.74. The van der Waals surface area contributed by atoms with Crippen molar-refractivity contribution in [2.45, 2.75) is 24.9 Å². The second kappa shape index (κ2) is 3.98. The predicted octanol–water partition coefficient (Wildman–Crippen LogP) is 0.842. The van der Waals surface area contributed by atoms with Crippen LogP contribution in [-0.4, -0.2) is 37.0 Å². The molecular weight excluding hydrogens is 276 g/mol. The van der Waals surface area contributed by atoms with Gasteiger partial charge in [0, 0.05) is 5.92 Å². The molecule has 3 aliphatic heterocycles. The summed E-state index contributed by atoms with van der Waals surface area (Å²) in [5.74, 6) is -1.31. The maximum Gasteiger partial charge on any atom is 0.337 e. The molecule has 0 saturated carbocycles. The van der Waals surface area contributed by atoms with Gasteiger partial charge in [-0.25, -0.2) is 9.59 Å². The summed E-state index contributed by atoms with van der Waals surface area (Å²) in [6, 6.07) is 0. The van der Waals surface area contributed by atoms with Crippen molar-refractivity contribution < 1.29 is 28.5 Å². The van der Waals surface area contributed by atoms with Crippen LogP contribution < -0.4 is 0 Å². The summed E-state index contributed by atoms with van der Waals surface area (Å²) in [5.41, 5.74) is 0.0425. The lowest BCUT2D eigenvalue weighted by molar-refractivity contribution is -0.152. The van der Waals surface area contributed by atoms with Crippen molar-refractivity contribution in [3.8, 4) is 0 Å². The Morgan fingerprint density at radius 3 is 3.00 bits per heavy atom. The Bertz CT molecular complexity index is 630. The normalized spacial score (nSPS) is 44.0. The van der Waals surface area contributed by atoms with Gasteiger partial charge in [-0.15, -0.1) is 0 Å². The van der Waals surface area contributed by atoms with E-state index in [1.54, 1.807) is 13.0 Å². The summed E-state index contributed by atoms with van der Waals surface area (Å²) in [6.45, 7) is 1.77. The zero-order valence-corrected chi connectivity index (χ0v) is 11.6. The summed E-state index contributed by atoms with van der Waals surface area (Å²) >= 11 is 0. The lowest BCUT2D eigenvalue weighted by Gasteiger charge is -2.32. The van der Waals surface area contributed by atoms with Crippen LogP contribution in [-0.2, 0) is 28.5 Å². The smallest absolute Gasteiger partial charge is 0.337 e. The van der Waals surface area contributed by atoms with Gasteiger partial charge in [-0.3, -0.25) is 0 Å². The third-order valence-electron chi connectivity index (χ3n) is 4.65. The number of carbonyl (C=O) groups is 2. The molecular formula is C15H14O6. The van der Waals surface area contributed by atoms with E-state index in [0.717, 1.165) is 0 Å². The number of rotatable bonds is 1. The number of ether oxygens (including phenoxy) is 4. The number of hydrogen-bond acceptors (Lipinski definition) is 6. The lowest BCUT2D eigenvalue weighted by Crippen LogP contribution is -2.43. The Balaban J connectivity index is 1.78. The van der Waals surface area contributed by atoms with Crippen LogP contribution in [0.1, 0.15) is 6.92 Å². The SMILES string of the molecule is C/C=C1/C(=O)O[C@]23C=C[C@H]4C(C(=O)OC)=CO[C@H](O[C@H]12)[C@@H]43. The highest BCUT2D eigenvalue weighted by Gasteiger charge is 2.70. The molecule has 1 spiro atoms. The molecule has 3 heterocycles. The molecule has 0 radical (unpaired) electrons. The summed E-state index contributed by atoms with van der Waals surface area (Å²) in [6.07, 6.45) is 5.77. The van der Waals surface area contributed by atoms with Crippen LogP contribution in [0.3, 0.4) is 0 Å². The first kappa shape index (κ1) is 12.6. The van der Waals surface area contributed by atoms with E-state index in [1.807, 2.05) is 12.2 Å². The van der Waals surface area contributed by atoms with Gasteiger partial charge in [0.05, 0.1) is 30.4 Å². The number of allylic oxidation sites excluding steroid dienone is 2. The molecule has 110 valence electrons. The average Bonchev–Trinajstić information content (AvgIpc) is 3.08. The molecule has 0 aromatic carbocycles. The molecule has 6 nitrogen and oxygen atoms in total. The molecule has 5 atom stereocenters. The molecule has 2 fully saturated rings. The Morgan fingerprint density at radius 1 is 1.48 bits per heavy atom. The van der Waals surface area contributed by atoms with Gasteiger partial charge in [0.25, 0.3) is 0 Å². The topological polar surface area (TPSA) is 71.1 Å². The third kappa shape index (κ3) is 1.35. The van der Waals surface area contributed by atoms with Crippen molar-refractivity contribution in [2.75, 3.05) is 7.11 Å². The van der Waals surface area contributed by atoms with Gasteiger partial charge in [-0.05, 0) is 13.0 Å². The van der Waals surface area contributed by atoms with Crippen molar-refractivity contribution in [3.05, 3.63) is 35.6 Å². The number of carbonyl (C=O) groups excluding carboxylic acids is 2. The third-order valence-corrected chi connectivity index (χ3v) is 4.65. The van der Waals surface area contributed by atoms with E-state index in [2.05, 4.69) is 0 Å². The molecule has 0 aromatic rings. The van der Waals surface area contributed by atoms with Crippen molar-refractivity contribution in [2.24, 2.45) is 11.8 Å². The maximum atomic E-state index is 12.0. The molecule has 1 aliphatic carbocycles. The van der Waals surface area contributed by atoms with E-state index in [0.29, 0.717) is 11.1 Å². The minimum absolute atomic E-state index is 0.231. The summed E-state index contributed by atoms with van der Waals surface area (Å²) in [7, 11) is 1.32. The largest absolute Gasteiger partial charge is 0.471 e. The van der Waals surface area contributed by atoms with Gasteiger partial charge in [0.15, 0.2) is 5.60 Å². The van der Waals surface area contributed by atoms with Crippen LogP contribution >= 0.6 is 0 Å². The minimum Gasteiger partial charge on any atom is -0.471 e. The molecule has 6 heteroatoms. The summed E-state index contributed by atoms with van der Waals surface area (Å²) in [5, 5.41) is 0. The molecule has 4 aliphatic rings. The van der Waals surface area contributed by atoms with Crippen LogP contribution in [0.15, 0.2) is 35.6 Å². The van der Waals surface area contributed by atoms with Crippen LogP contribution in [0.2, 0.25) is 0 Å².